The van der Waals surface area contributed by atoms with Crippen molar-refractivity contribution in [3.63, 3.8) is 0 Å². The smallest absolute Gasteiger partial charge is 0.273 e. The lowest BCUT2D eigenvalue weighted by molar-refractivity contribution is -0.134. The number of nitrogens with one attached hydrogen (secondary N) is 1. The zero-order valence-electron chi connectivity index (χ0n) is 19.3. The van der Waals surface area contributed by atoms with Crippen LogP contribution in [0.4, 0.5) is 4.39 Å². The standard InChI is InChI=1S/C26H29FN4O3/c1-26(25(33)28-19-10-4-2-3-5-11-19)17-31-22(15-21(29-31)23-13-8-14-34-23)24(32)30(26)16-18-9-6-7-12-20(18)27/h6-9,12-15,19H,2-5,10-11,16-17H2,1H3,(H,28,33). The van der Waals surface area contributed by atoms with Gasteiger partial charge in [0.05, 0.1) is 19.4 Å². The maximum absolute atomic E-state index is 14.6. The predicted molar refractivity (Wildman–Crippen MR) is 124 cm³/mol. The van der Waals surface area contributed by atoms with Crippen LogP contribution in [0.15, 0.2) is 53.1 Å². The molecule has 0 spiro atoms. The van der Waals surface area contributed by atoms with Crippen LogP contribution in [0.1, 0.15) is 61.5 Å². The summed E-state index contributed by atoms with van der Waals surface area (Å²) in [4.78, 5) is 28.9. The van der Waals surface area contributed by atoms with Crippen molar-refractivity contribution in [2.75, 3.05) is 0 Å². The summed E-state index contributed by atoms with van der Waals surface area (Å²) in [6.07, 6.45) is 7.91. The Balaban J connectivity index is 1.50. The fourth-order valence-corrected chi connectivity index (χ4v) is 5.00. The van der Waals surface area contributed by atoms with E-state index in [4.69, 9.17) is 4.42 Å². The third-order valence-electron chi connectivity index (χ3n) is 7.04. The van der Waals surface area contributed by atoms with Crippen molar-refractivity contribution in [1.29, 1.82) is 0 Å². The molecule has 1 N–H and O–H groups in total. The molecule has 8 heteroatoms. The minimum Gasteiger partial charge on any atom is -0.463 e. The molecule has 1 aliphatic heterocycles. The summed E-state index contributed by atoms with van der Waals surface area (Å²) in [7, 11) is 0. The molecule has 3 aromatic rings. The van der Waals surface area contributed by atoms with E-state index in [0.717, 1.165) is 25.7 Å². The van der Waals surface area contributed by atoms with E-state index >= 15 is 0 Å². The molecule has 1 saturated carbocycles. The molecule has 7 nitrogen and oxygen atoms in total. The number of nitrogens with zero attached hydrogens (tertiary/aromatic N) is 3. The third kappa shape index (κ3) is 4.13. The van der Waals surface area contributed by atoms with Gasteiger partial charge in [-0.15, -0.1) is 0 Å². The van der Waals surface area contributed by atoms with Crippen LogP contribution in [0.5, 0.6) is 0 Å². The lowest BCUT2D eigenvalue weighted by Crippen LogP contribution is -2.64. The molecule has 0 bridgehead atoms. The van der Waals surface area contributed by atoms with E-state index < -0.39 is 11.4 Å². The minimum absolute atomic E-state index is 0.0125. The number of halogens is 1. The first-order valence-electron chi connectivity index (χ1n) is 11.9. The molecule has 1 fully saturated rings. The number of benzene rings is 1. The zero-order chi connectivity index (χ0) is 23.7. The number of furan rings is 1. The van der Waals surface area contributed by atoms with E-state index in [9.17, 15) is 14.0 Å². The Bertz CT molecular complexity index is 1180. The Hall–Kier alpha value is -3.42. The van der Waals surface area contributed by atoms with Gasteiger partial charge < -0.3 is 14.6 Å². The Morgan fingerprint density at radius 1 is 1.18 bits per heavy atom. The van der Waals surface area contributed by atoms with E-state index in [1.165, 1.54) is 23.8 Å². The number of carbonyl (C=O) groups is 2. The molecular weight excluding hydrogens is 435 g/mol. The molecule has 2 aromatic heterocycles. The maximum atomic E-state index is 14.6. The van der Waals surface area contributed by atoms with Gasteiger partial charge in [-0.25, -0.2) is 4.39 Å². The second-order valence-corrected chi connectivity index (χ2v) is 9.47. The summed E-state index contributed by atoms with van der Waals surface area (Å²) in [6, 6.07) is 11.6. The van der Waals surface area contributed by atoms with E-state index in [0.29, 0.717) is 22.7 Å². The van der Waals surface area contributed by atoms with Gasteiger partial charge in [0, 0.05) is 17.7 Å². The van der Waals surface area contributed by atoms with Crippen LogP contribution >= 0.6 is 0 Å². The second-order valence-electron chi connectivity index (χ2n) is 9.47. The summed E-state index contributed by atoms with van der Waals surface area (Å²) in [6.45, 7) is 1.90. The highest BCUT2D eigenvalue weighted by atomic mass is 19.1. The number of hydrogen-bond acceptors (Lipinski definition) is 4. The van der Waals surface area contributed by atoms with E-state index in [1.807, 2.05) is 0 Å². The number of carbonyl (C=O) groups excluding carboxylic acids is 2. The fourth-order valence-electron chi connectivity index (χ4n) is 5.00. The zero-order valence-corrected chi connectivity index (χ0v) is 19.3. The average molecular weight is 465 g/mol. The summed E-state index contributed by atoms with van der Waals surface area (Å²) >= 11 is 0. The highest BCUT2D eigenvalue weighted by molar-refractivity contribution is 6.00. The largest absolute Gasteiger partial charge is 0.463 e. The van der Waals surface area contributed by atoms with Gasteiger partial charge in [-0.3, -0.25) is 14.3 Å². The Morgan fingerprint density at radius 3 is 2.65 bits per heavy atom. The molecule has 2 amide bonds. The summed E-state index contributed by atoms with van der Waals surface area (Å²) in [5.74, 6) is -0.458. The number of aromatic nitrogens is 2. The fraction of sp³-hybridized carbons (Fsp3) is 0.423. The van der Waals surface area contributed by atoms with Crippen LogP contribution in [-0.2, 0) is 17.9 Å². The first-order chi connectivity index (χ1) is 16.5. The van der Waals surface area contributed by atoms with Crippen LogP contribution in [0.2, 0.25) is 0 Å². The number of hydrogen-bond donors (Lipinski definition) is 1. The van der Waals surface area contributed by atoms with E-state index in [-0.39, 0.29) is 30.9 Å². The minimum atomic E-state index is -1.23. The molecule has 0 saturated heterocycles. The summed E-state index contributed by atoms with van der Waals surface area (Å²) in [5.41, 5.74) is 0.00384. The topological polar surface area (TPSA) is 80.4 Å². The lowest BCUT2D eigenvalue weighted by Gasteiger charge is -2.44. The van der Waals surface area contributed by atoms with Crippen molar-refractivity contribution in [2.45, 2.75) is 70.1 Å². The molecule has 1 aromatic carbocycles. The van der Waals surface area contributed by atoms with Gasteiger partial charge >= 0.3 is 0 Å². The summed E-state index contributed by atoms with van der Waals surface area (Å²) in [5, 5.41) is 7.76. The molecule has 1 unspecified atom stereocenters. The Labute approximate surface area is 197 Å². The van der Waals surface area contributed by atoms with E-state index in [1.54, 1.807) is 54.3 Å². The normalized spacial score (nSPS) is 21.2. The summed E-state index contributed by atoms with van der Waals surface area (Å²) < 4.78 is 21.6. The van der Waals surface area contributed by atoms with Crippen molar-refractivity contribution in [3.05, 3.63) is 65.8 Å². The SMILES string of the molecule is CC1(C(=O)NC2CCCCCC2)Cn2nc(-c3ccco3)cc2C(=O)N1Cc1ccccc1F. The predicted octanol–water partition coefficient (Wildman–Crippen LogP) is 4.54. The number of rotatable bonds is 5. The average Bonchev–Trinajstić information content (AvgIpc) is 3.43. The van der Waals surface area contributed by atoms with Crippen molar-refractivity contribution in [3.8, 4) is 11.5 Å². The highest BCUT2D eigenvalue weighted by Crippen LogP contribution is 2.32. The van der Waals surface area contributed by atoms with Crippen LogP contribution in [0, 0.1) is 5.82 Å². The Kier molecular flexibility index (Phi) is 5.98. The first-order valence-corrected chi connectivity index (χ1v) is 11.9. The highest BCUT2D eigenvalue weighted by Gasteiger charge is 2.48. The van der Waals surface area contributed by atoms with Crippen LogP contribution in [0.3, 0.4) is 0 Å². The van der Waals surface area contributed by atoms with Gasteiger partial charge in [0.1, 0.15) is 22.7 Å². The molecule has 2 aliphatic rings. The molecule has 3 heterocycles. The van der Waals surface area contributed by atoms with Crippen molar-refractivity contribution in [1.82, 2.24) is 20.0 Å². The lowest BCUT2D eigenvalue weighted by atomic mass is 9.93. The molecule has 178 valence electrons. The van der Waals surface area contributed by atoms with Gasteiger partial charge in [0.25, 0.3) is 5.91 Å². The second kappa shape index (κ2) is 9.08. The van der Waals surface area contributed by atoms with Gasteiger partial charge in [-0.1, -0.05) is 43.9 Å². The van der Waals surface area contributed by atoms with Crippen LogP contribution in [-0.4, -0.2) is 38.1 Å². The molecule has 1 atom stereocenters. The van der Waals surface area contributed by atoms with Crippen molar-refractivity contribution >= 4 is 11.8 Å². The molecule has 0 radical (unpaired) electrons. The van der Waals surface area contributed by atoms with Gasteiger partial charge in [0.2, 0.25) is 5.91 Å². The van der Waals surface area contributed by atoms with Crippen LogP contribution in [0.25, 0.3) is 11.5 Å². The Morgan fingerprint density at radius 2 is 1.94 bits per heavy atom. The quantitative estimate of drug-likeness (QED) is 0.563. The molecule has 5 rings (SSSR count). The molecular formula is C26H29FN4O3. The van der Waals surface area contributed by atoms with E-state index in [2.05, 4.69) is 10.4 Å². The molecule has 34 heavy (non-hydrogen) atoms. The van der Waals surface area contributed by atoms with Crippen molar-refractivity contribution in [2.24, 2.45) is 0 Å². The third-order valence-corrected chi connectivity index (χ3v) is 7.04. The maximum Gasteiger partial charge on any atom is 0.273 e. The van der Waals surface area contributed by atoms with Crippen molar-refractivity contribution < 1.29 is 18.4 Å². The van der Waals surface area contributed by atoms with Gasteiger partial charge in [-0.2, -0.15) is 5.10 Å². The number of amides is 2. The first kappa shape index (κ1) is 22.4. The monoisotopic (exact) mass is 464 g/mol. The number of fused-ring (bicyclic) bond motifs is 1. The molecule has 1 aliphatic carbocycles. The van der Waals surface area contributed by atoms with Gasteiger partial charge in [-0.05, 0) is 38.0 Å². The van der Waals surface area contributed by atoms with Gasteiger partial charge in [0.15, 0.2) is 5.76 Å². The van der Waals surface area contributed by atoms with Crippen LogP contribution < -0.4 is 5.32 Å².